The summed E-state index contributed by atoms with van der Waals surface area (Å²) in [6.45, 7) is 0. The van der Waals surface area contributed by atoms with Crippen molar-refractivity contribution in [1.29, 1.82) is 0 Å². The first-order chi connectivity index (χ1) is 12.5. The summed E-state index contributed by atoms with van der Waals surface area (Å²) in [5, 5.41) is 0.304. The standard InChI is InChI=1S/C18H18N4O3S/c1-21(13-5-4-10-19-11-13)17(23)16-12-20-18(22(16)2)26(24)15-8-6-14(25-3)7-9-15/h4-12H,1-3H3. The van der Waals surface area contributed by atoms with Crippen molar-refractivity contribution in [2.45, 2.75) is 10.1 Å². The van der Waals surface area contributed by atoms with Gasteiger partial charge in [0.1, 0.15) is 22.2 Å². The Bertz CT molecular complexity index is 939. The lowest BCUT2D eigenvalue weighted by Gasteiger charge is -2.17. The molecule has 0 spiro atoms. The van der Waals surface area contributed by atoms with Crippen LogP contribution in [0.25, 0.3) is 0 Å². The number of amides is 1. The predicted molar refractivity (Wildman–Crippen MR) is 97.8 cm³/mol. The van der Waals surface area contributed by atoms with Crippen LogP contribution in [0, 0.1) is 0 Å². The molecule has 26 heavy (non-hydrogen) atoms. The summed E-state index contributed by atoms with van der Waals surface area (Å²) in [6, 6.07) is 10.4. The Morgan fingerprint density at radius 2 is 1.92 bits per heavy atom. The number of carbonyl (C=O) groups excluding carboxylic acids is 1. The van der Waals surface area contributed by atoms with Gasteiger partial charge in [0.05, 0.1) is 25.2 Å². The van der Waals surface area contributed by atoms with Crippen molar-refractivity contribution in [3.8, 4) is 5.75 Å². The molecule has 0 bridgehead atoms. The van der Waals surface area contributed by atoms with E-state index in [-0.39, 0.29) is 5.91 Å². The molecule has 0 aliphatic heterocycles. The van der Waals surface area contributed by atoms with Crippen LogP contribution in [0.3, 0.4) is 0 Å². The summed E-state index contributed by atoms with van der Waals surface area (Å²) >= 11 is 0. The SMILES string of the molecule is COc1ccc(S(=O)c2ncc(C(=O)N(C)c3cccnc3)n2C)cc1. The molecule has 7 nitrogen and oxygen atoms in total. The summed E-state index contributed by atoms with van der Waals surface area (Å²) in [6.07, 6.45) is 4.68. The number of methoxy groups -OCH3 is 1. The minimum atomic E-state index is -1.51. The second-order valence-corrected chi connectivity index (χ2v) is 6.88. The van der Waals surface area contributed by atoms with Gasteiger partial charge in [-0.25, -0.2) is 9.19 Å². The zero-order valence-electron chi connectivity index (χ0n) is 14.6. The Labute approximate surface area is 153 Å². The highest BCUT2D eigenvalue weighted by atomic mass is 32.2. The number of ether oxygens (including phenoxy) is 1. The van der Waals surface area contributed by atoms with Gasteiger partial charge in [0.15, 0.2) is 0 Å². The quantitative estimate of drug-likeness (QED) is 0.688. The first kappa shape index (κ1) is 17.8. The van der Waals surface area contributed by atoms with E-state index in [4.69, 9.17) is 4.74 Å². The molecule has 0 saturated carbocycles. The fourth-order valence-corrected chi connectivity index (χ4v) is 3.50. The van der Waals surface area contributed by atoms with Crippen molar-refractivity contribution in [1.82, 2.24) is 14.5 Å². The van der Waals surface area contributed by atoms with E-state index in [1.165, 1.54) is 11.1 Å². The summed E-state index contributed by atoms with van der Waals surface area (Å²) in [4.78, 5) is 23.0. The van der Waals surface area contributed by atoms with E-state index in [0.717, 1.165) is 0 Å². The molecule has 2 heterocycles. The van der Waals surface area contributed by atoms with E-state index in [1.807, 2.05) is 0 Å². The Kier molecular flexibility index (Phi) is 5.13. The number of carbonyl (C=O) groups is 1. The number of aromatic nitrogens is 3. The maximum atomic E-state index is 12.8. The smallest absolute Gasteiger partial charge is 0.276 e. The number of pyridine rings is 1. The molecule has 1 amide bonds. The van der Waals surface area contributed by atoms with Crippen molar-refractivity contribution >= 4 is 22.4 Å². The van der Waals surface area contributed by atoms with Crippen LogP contribution in [0.15, 0.2) is 65.0 Å². The topological polar surface area (TPSA) is 77.3 Å². The molecule has 0 aliphatic carbocycles. The highest BCUT2D eigenvalue weighted by Gasteiger charge is 2.22. The van der Waals surface area contributed by atoms with Crippen LogP contribution < -0.4 is 9.64 Å². The highest BCUT2D eigenvalue weighted by molar-refractivity contribution is 7.85. The van der Waals surface area contributed by atoms with Crippen LogP contribution in [0.5, 0.6) is 5.75 Å². The summed E-state index contributed by atoms with van der Waals surface area (Å²) in [7, 11) is 3.40. The number of rotatable bonds is 5. The highest BCUT2D eigenvalue weighted by Crippen LogP contribution is 2.20. The minimum Gasteiger partial charge on any atom is -0.497 e. The van der Waals surface area contributed by atoms with Crippen molar-refractivity contribution < 1.29 is 13.7 Å². The summed E-state index contributed by atoms with van der Waals surface area (Å²) in [5.74, 6) is 0.422. The Hall–Kier alpha value is -3.00. The lowest BCUT2D eigenvalue weighted by Crippen LogP contribution is -2.28. The molecular formula is C18H18N4O3S. The first-order valence-corrected chi connectivity index (χ1v) is 8.93. The van der Waals surface area contributed by atoms with E-state index in [9.17, 15) is 9.00 Å². The van der Waals surface area contributed by atoms with Crippen LogP contribution in [0.2, 0.25) is 0 Å². The molecule has 3 aromatic rings. The fraction of sp³-hybridized carbons (Fsp3) is 0.167. The van der Waals surface area contributed by atoms with Gasteiger partial charge in [-0.15, -0.1) is 0 Å². The number of benzene rings is 1. The molecular weight excluding hydrogens is 352 g/mol. The van der Waals surface area contributed by atoms with Crippen LogP contribution in [-0.4, -0.2) is 38.8 Å². The third-order valence-corrected chi connectivity index (χ3v) is 5.35. The van der Waals surface area contributed by atoms with Gasteiger partial charge in [0.25, 0.3) is 5.91 Å². The van der Waals surface area contributed by atoms with Gasteiger partial charge in [0.2, 0.25) is 5.16 Å². The summed E-state index contributed by atoms with van der Waals surface area (Å²) < 4.78 is 19.5. The molecule has 0 aliphatic rings. The van der Waals surface area contributed by atoms with Crippen LogP contribution in [0.4, 0.5) is 5.69 Å². The second kappa shape index (κ2) is 7.49. The van der Waals surface area contributed by atoms with E-state index in [2.05, 4.69) is 9.97 Å². The Morgan fingerprint density at radius 1 is 1.19 bits per heavy atom. The molecule has 134 valence electrons. The largest absolute Gasteiger partial charge is 0.497 e. The van der Waals surface area contributed by atoms with Crippen LogP contribution in [0.1, 0.15) is 10.5 Å². The predicted octanol–water partition coefficient (Wildman–Crippen LogP) is 2.27. The molecule has 1 atom stereocenters. The van der Waals surface area contributed by atoms with Crippen molar-refractivity contribution in [3.05, 3.63) is 60.7 Å². The van der Waals surface area contributed by atoms with Crippen molar-refractivity contribution in [2.24, 2.45) is 7.05 Å². The average molecular weight is 370 g/mol. The minimum absolute atomic E-state index is 0.258. The molecule has 1 aromatic carbocycles. The number of hydrogen-bond donors (Lipinski definition) is 0. The van der Waals surface area contributed by atoms with Gasteiger partial charge >= 0.3 is 0 Å². The van der Waals surface area contributed by atoms with Gasteiger partial charge in [-0.3, -0.25) is 9.78 Å². The lowest BCUT2D eigenvalue weighted by molar-refractivity contribution is 0.0984. The molecule has 2 aromatic heterocycles. The molecule has 0 fully saturated rings. The fourth-order valence-electron chi connectivity index (χ4n) is 2.41. The first-order valence-electron chi connectivity index (χ1n) is 7.78. The lowest BCUT2D eigenvalue weighted by atomic mass is 10.3. The molecule has 1 unspecified atom stereocenters. The van der Waals surface area contributed by atoms with E-state index in [1.54, 1.807) is 74.6 Å². The van der Waals surface area contributed by atoms with E-state index >= 15 is 0 Å². The molecule has 0 saturated heterocycles. The van der Waals surface area contributed by atoms with Gasteiger partial charge in [0, 0.05) is 25.2 Å². The number of imidazole rings is 1. The third kappa shape index (κ3) is 3.36. The Balaban J connectivity index is 1.87. The van der Waals surface area contributed by atoms with Gasteiger partial charge in [-0.2, -0.15) is 0 Å². The molecule has 0 N–H and O–H groups in total. The van der Waals surface area contributed by atoms with Crippen molar-refractivity contribution in [2.75, 3.05) is 19.1 Å². The van der Waals surface area contributed by atoms with Crippen molar-refractivity contribution in [3.63, 3.8) is 0 Å². The molecule has 0 radical (unpaired) electrons. The number of nitrogens with zero attached hydrogens (tertiary/aromatic N) is 4. The maximum Gasteiger partial charge on any atom is 0.276 e. The number of hydrogen-bond acceptors (Lipinski definition) is 5. The third-order valence-electron chi connectivity index (χ3n) is 3.94. The number of anilines is 1. The molecule has 3 rings (SSSR count). The van der Waals surface area contributed by atoms with E-state index in [0.29, 0.717) is 27.2 Å². The maximum absolute atomic E-state index is 12.8. The zero-order chi connectivity index (χ0) is 18.7. The van der Waals surface area contributed by atoms with E-state index < -0.39 is 10.8 Å². The van der Waals surface area contributed by atoms with Gasteiger partial charge < -0.3 is 14.2 Å². The second-order valence-electron chi connectivity index (χ2n) is 5.50. The molecule has 8 heteroatoms. The average Bonchev–Trinajstić information content (AvgIpc) is 3.08. The van der Waals surface area contributed by atoms with Gasteiger partial charge in [-0.1, -0.05) is 0 Å². The monoisotopic (exact) mass is 370 g/mol. The normalized spacial score (nSPS) is 11.8. The van der Waals surface area contributed by atoms with Crippen LogP contribution >= 0.6 is 0 Å². The van der Waals surface area contributed by atoms with Gasteiger partial charge in [-0.05, 0) is 36.4 Å². The Morgan fingerprint density at radius 3 is 2.54 bits per heavy atom. The zero-order valence-corrected chi connectivity index (χ0v) is 15.4. The summed E-state index contributed by atoms with van der Waals surface area (Å²) in [5.41, 5.74) is 1.00. The van der Waals surface area contributed by atoms with Crippen LogP contribution in [-0.2, 0) is 17.8 Å².